The fourth-order valence-corrected chi connectivity index (χ4v) is 5.25. The summed E-state index contributed by atoms with van der Waals surface area (Å²) in [5.41, 5.74) is 1.17. The van der Waals surface area contributed by atoms with Crippen LogP contribution < -0.4 is 5.69 Å². The Kier molecular flexibility index (Phi) is 5.16. The number of rotatable bonds is 6. The summed E-state index contributed by atoms with van der Waals surface area (Å²) in [5, 5.41) is 0. The fourth-order valence-electron chi connectivity index (χ4n) is 5.25. The van der Waals surface area contributed by atoms with Gasteiger partial charge in [0.1, 0.15) is 5.82 Å². The Morgan fingerprint density at radius 2 is 1.00 bits per heavy atom. The minimum Gasteiger partial charge on any atom is -0.295 e. The van der Waals surface area contributed by atoms with E-state index in [4.69, 9.17) is 11.0 Å². The third-order valence-corrected chi connectivity index (χ3v) is 7.65. The monoisotopic (exact) mass is 616 g/mol. The molecule has 0 unspecified atom stereocenters. The summed E-state index contributed by atoms with van der Waals surface area (Å²) in [6.45, 7) is 0. The van der Waals surface area contributed by atoms with E-state index in [1.165, 1.54) is 9.13 Å². The SMILES string of the molecule is [2H]c1c([2H])c(-c2c([2H])c([2H])c(-c3nc(-c4ccccc4)nc(-c4ccccc4)n3)c([2H])c2[2H])c([2H])c([2H])c1-c1ccc2c(c1)n(C)c(=O)n2-c1ccccn1. The zero-order chi connectivity index (χ0) is 38.7. The summed E-state index contributed by atoms with van der Waals surface area (Å²) in [7, 11) is 1.58. The molecule has 0 spiro atoms. The molecule has 0 aliphatic carbocycles. The molecule has 3 heterocycles. The molecule has 3 aromatic heterocycles. The third-order valence-electron chi connectivity index (χ3n) is 7.65. The highest BCUT2D eigenvalue weighted by molar-refractivity contribution is 5.84. The van der Waals surface area contributed by atoms with Gasteiger partial charge in [-0.15, -0.1) is 0 Å². The van der Waals surface area contributed by atoms with Gasteiger partial charge in [0.05, 0.1) is 22.0 Å². The van der Waals surface area contributed by atoms with E-state index in [1.54, 1.807) is 73.9 Å². The molecule has 7 heteroatoms. The predicted octanol–water partition coefficient (Wildman–Crippen LogP) is 8.24. The number of imidazole rings is 1. The third kappa shape index (κ3) is 5.30. The maximum Gasteiger partial charge on any atom is 0.334 e. The first-order valence-corrected chi connectivity index (χ1v) is 14.7. The molecule has 5 aromatic carbocycles. The molecule has 224 valence electrons. The zero-order valence-corrected chi connectivity index (χ0v) is 24.9. The number of benzene rings is 5. The largest absolute Gasteiger partial charge is 0.334 e. The lowest BCUT2D eigenvalue weighted by atomic mass is 9.99. The van der Waals surface area contributed by atoms with E-state index in [0.717, 1.165) is 0 Å². The summed E-state index contributed by atoms with van der Waals surface area (Å²) < 4.78 is 75.2. The van der Waals surface area contributed by atoms with Crippen molar-refractivity contribution < 1.29 is 11.0 Å². The van der Waals surface area contributed by atoms with E-state index in [9.17, 15) is 4.79 Å². The Hall–Kier alpha value is -6.47. The summed E-state index contributed by atoms with van der Waals surface area (Å²) in [5.74, 6) is 0.821. The molecule has 0 fully saturated rings. The number of nitrogens with zero attached hydrogens (tertiary/aromatic N) is 6. The molecular formula is C40H28N6O. The highest BCUT2D eigenvalue weighted by Crippen LogP contribution is 2.30. The first-order valence-electron chi connectivity index (χ1n) is 18.7. The Bertz CT molecular complexity index is 2770. The summed E-state index contributed by atoms with van der Waals surface area (Å²) in [6.07, 6.45) is 1.57. The van der Waals surface area contributed by atoms with Crippen LogP contribution in [-0.4, -0.2) is 29.1 Å². The molecule has 47 heavy (non-hydrogen) atoms. The molecule has 0 radical (unpaired) electrons. The summed E-state index contributed by atoms with van der Waals surface area (Å²) >= 11 is 0. The first-order chi connectivity index (χ1) is 26.5. The van der Waals surface area contributed by atoms with Gasteiger partial charge < -0.3 is 0 Å². The fraction of sp³-hybridized carbons (Fsp3) is 0.0250. The molecule has 0 amide bonds. The Morgan fingerprint density at radius 1 is 0.511 bits per heavy atom. The minimum absolute atomic E-state index is 0.0578. The lowest BCUT2D eigenvalue weighted by molar-refractivity contribution is 0.834. The van der Waals surface area contributed by atoms with Crippen LogP contribution in [0, 0.1) is 0 Å². The van der Waals surface area contributed by atoms with Gasteiger partial charge in [0, 0.05) is 29.9 Å². The van der Waals surface area contributed by atoms with Crippen LogP contribution in [0.3, 0.4) is 0 Å². The van der Waals surface area contributed by atoms with Gasteiger partial charge in [0.2, 0.25) is 0 Å². The molecule has 0 saturated heterocycles. The van der Waals surface area contributed by atoms with Crippen LogP contribution in [-0.2, 0) is 7.05 Å². The van der Waals surface area contributed by atoms with Gasteiger partial charge in [-0.1, -0.05) is 121 Å². The van der Waals surface area contributed by atoms with E-state index >= 15 is 0 Å². The molecule has 0 aliphatic rings. The van der Waals surface area contributed by atoms with Crippen molar-refractivity contribution >= 4 is 11.0 Å². The van der Waals surface area contributed by atoms with Crippen LogP contribution in [0.25, 0.3) is 73.3 Å². The van der Waals surface area contributed by atoms with Gasteiger partial charge >= 0.3 is 5.69 Å². The topological polar surface area (TPSA) is 78.5 Å². The predicted molar refractivity (Wildman–Crippen MR) is 187 cm³/mol. The van der Waals surface area contributed by atoms with E-state index < -0.39 is 53.9 Å². The van der Waals surface area contributed by atoms with Crippen LogP contribution >= 0.6 is 0 Å². The first kappa shape index (κ1) is 20.5. The maximum absolute atomic E-state index is 13.3. The highest BCUT2D eigenvalue weighted by atomic mass is 16.1. The van der Waals surface area contributed by atoms with E-state index in [0.29, 0.717) is 33.5 Å². The highest BCUT2D eigenvalue weighted by Gasteiger charge is 2.15. The molecule has 7 nitrogen and oxygen atoms in total. The molecule has 8 aromatic rings. The summed E-state index contributed by atoms with van der Waals surface area (Å²) in [6, 6.07) is 24.0. The number of hydrogen-bond acceptors (Lipinski definition) is 5. The minimum atomic E-state index is -0.584. The van der Waals surface area contributed by atoms with Crippen LogP contribution in [0.5, 0.6) is 0 Å². The van der Waals surface area contributed by atoms with Gasteiger partial charge in [-0.2, -0.15) is 0 Å². The quantitative estimate of drug-likeness (QED) is 0.188. The Balaban J connectivity index is 1.29. The van der Waals surface area contributed by atoms with E-state index in [1.807, 2.05) is 36.4 Å². The van der Waals surface area contributed by atoms with Crippen molar-refractivity contribution in [3.8, 4) is 62.2 Å². The van der Waals surface area contributed by atoms with Gasteiger partial charge in [-0.3, -0.25) is 4.57 Å². The van der Waals surface area contributed by atoms with Crippen molar-refractivity contribution in [1.82, 2.24) is 29.1 Å². The zero-order valence-electron chi connectivity index (χ0n) is 32.9. The van der Waals surface area contributed by atoms with E-state index in [2.05, 4.69) is 19.9 Å². The maximum atomic E-state index is 13.3. The van der Waals surface area contributed by atoms with E-state index in [-0.39, 0.29) is 39.9 Å². The van der Waals surface area contributed by atoms with Gasteiger partial charge in [-0.05, 0) is 46.5 Å². The van der Waals surface area contributed by atoms with Crippen molar-refractivity contribution in [1.29, 1.82) is 0 Å². The lowest BCUT2D eigenvalue weighted by Crippen LogP contribution is -2.21. The van der Waals surface area contributed by atoms with Crippen LogP contribution in [0.1, 0.15) is 11.0 Å². The smallest absolute Gasteiger partial charge is 0.295 e. The standard InChI is InChI=1S/C40H28N6O/c1-45-35-26-33(23-24-34(35)46(40(45)47)36-14-8-9-25-41-36)29-17-15-27(16-18-29)28-19-21-32(22-20-28)39-43-37(30-10-4-2-5-11-30)42-38(44-39)31-12-6-3-7-13-31/h2-26H,1H3/i15D,16D,17D,18D,19D,20D,21D,22D. The number of pyridine rings is 1. The van der Waals surface area contributed by atoms with Gasteiger partial charge in [-0.25, -0.2) is 29.3 Å². The second-order valence-corrected chi connectivity index (χ2v) is 10.6. The normalized spacial score (nSPS) is 13.6. The van der Waals surface area contributed by atoms with Crippen molar-refractivity contribution in [2.75, 3.05) is 0 Å². The van der Waals surface area contributed by atoms with Crippen LogP contribution in [0.4, 0.5) is 0 Å². The molecule has 8 rings (SSSR count). The van der Waals surface area contributed by atoms with Crippen LogP contribution in [0.2, 0.25) is 0 Å². The number of hydrogen-bond donors (Lipinski definition) is 0. The molecule has 0 saturated carbocycles. The molecule has 0 N–H and O–H groups in total. The molecular weight excluding hydrogens is 580 g/mol. The average Bonchev–Trinajstić information content (AvgIpc) is 3.46. The number of fused-ring (bicyclic) bond motifs is 1. The lowest BCUT2D eigenvalue weighted by Gasteiger charge is -2.09. The van der Waals surface area contributed by atoms with Crippen molar-refractivity contribution in [2.45, 2.75) is 0 Å². The van der Waals surface area contributed by atoms with Gasteiger partial charge in [0.25, 0.3) is 0 Å². The second-order valence-electron chi connectivity index (χ2n) is 10.6. The number of aryl methyl sites for hydroxylation is 1. The second kappa shape index (κ2) is 11.8. The Morgan fingerprint density at radius 3 is 1.53 bits per heavy atom. The van der Waals surface area contributed by atoms with Crippen molar-refractivity contribution in [2.24, 2.45) is 7.05 Å². The molecule has 0 bridgehead atoms. The molecule has 0 atom stereocenters. The molecule has 0 aliphatic heterocycles. The number of aromatic nitrogens is 6. The summed E-state index contributed by atoms with van der Waals surface area (Å²) in [4.78, 5) is 31.3. The average molecular weight is 617 g/mol. The van der Waals surface area contributed by atoms with Crippen molar-refractivity contribution in [3.05, 3.63) is 162 Å². The van der Waals surface area contributed by atoms with Crippen LogP contribution in [0.15, 0.2) is 156 Å². The van der Waals surface area contributed by atoms with Gasteiger partial charge in [0.15, 0.2) is 17.5 Å². The van der Waals surface area contributed by atoms with Crippen molar-refractivity contribution in [3.63, 3.8) is 0 Å². The Labute approximate surface area is 282 Å².